The number of carbonyl (C=O) groups excluding carboxylic acids is 3. The minimum absolute atomic E-state index is 0.212. The fourth-order valence-electron chi connectivity index (χ4n) is 2.14. The summed E-state index contributed by atoms with van der Waals surface area (Å²) in [5, 5.41) is 8.14. The summed E-state index contributed by atoms with van der Waals surface area (Å²) in [5.74, 6) is -1.27. The first kappa shape index (κ1) is 19.5. The first-order valence-corrected chi connectivity index (χ1v) is 8.33. The largest absolute Gasteiger partial charge is 0.466 e. The van der Waals surface area contributed by atoms with Crippen LogP contribution in [0.25, 0.3) is 0 Å². The van der Waals surface area contributed by atoms with Crippen LogP contribution in [0.1, 0.15) is 29.3 Å². The molecule has 0 saturated heterocycles. The SMILES string of the molecule is CCOC(=O)CC(=O)CN=Nc1ccc(Cl)cc1C(=O)c1ccccc1. The van der Waals surface area contributed by atoms with Crippen molar-refractivity contribution in [1.82, 2.24) is 0 Å². The first-order valence-electron chi connectivity index (χ1n) is 7.95. The zero-order valence-corrected chi connectivity index (χ0v) is 14.9. The highest BCUT2D eigenvalue weighted by Crippen LogP contribution is 2.26. The molecule has 0 fully saturated rings. The van der Waals surface area contributed by atoms with Crippen LogP contribution in [-0.2, 0) is 14.3 Å². The molecule has 0 aliphatic heterocycles. The maximum Gasteiger partial charge on any atom is 0.313 e. The van der Waals surface area contributed by atoms with Crippen molar-refractivity contribution in [3.8, 4) is 0 Å². The van der Waals surface area contributed by atoms with Crippen LogP contribution in [0.4, 0.5) is 5.69 Å². The number of halogens is 1. The molecule has 0 unspecified atom stereocenters. The molecule has 26 heavy (non-hydrogen) atoms. The van der Waals surface area contributed by atoms with Crippen molar-refractivity contribution >= 4 is 34.8 Å². The lowest BCUT2D eigenvalue weighted by Gasteiger charge is -2.05. The standard InChI is InChI=1S/C19H17ClN2O4/c1-2-26-18(24)11-15(23)12-21-22-17-9-8-14(20)10-16(17)19(25)13-6-4-3-5-7-13/h3-10H,2,11-12H2,1H3. The minimum atomic E-state index is -0.598. The maximum absolute atomic E-state index is 12.6. The smallest absolute Gasteiger partial charge is 0.313 e. The highest BCUT2D eigenvalue weighted by Gasteiger charge is 2.15. The van der Waals surface area contributed by atoms with E-state index < -0.39 is 11.8 Å². The minimum Gasteiger partial charge on any atom is -0.466 e. The molecule has 2 aromatic rings. The van der Waals surface area contributed by atoms with Crippen LogP contribution < -0.4 is 0 Å². The van der Waals surface area contributed by atoms with E-state index in [1.807, 2.05) is 6.07 Å². The number of benzene rings is 2. The molecule has 0 radical (unpaired) electrons. The van der Waals surface area contributed by atoms with Crippen LogP contribution in [0.3, 0.4) is 0 Å². The topological polar surface area (TPSA) is 85.2 Å². The predicted octanol–water partition coefficient (Wildman–Crippen LogP) is 4.18. The van der Waals surface area contributed by atoms with Gasteiger partial charge < -0.3 is 4.74 Å². The number of nitrogens with zero attached hydrogens (tertiary/aromatic N) is 2. The van der Waals surface area contributed by atoms with Gasteiger partial charge in [0.15, 0.2) is 11.6 Å². The van der Waals surface area contributed by atoms with Crippen molar-refractivity contribution in [2.75, 3.05) is 13.2 Å². The van der Waals surface area contributed by atoms with Gasteiger partial charge in [-0.25, -0.2) is 0 Å². The second kappa shape index (κ2) is 9.58. The molecule has 134 valence electrons. The van der Waals surface area contributed by atoms with Gasteiger partial charge in [0.25, 0.3) is 0 Å². The molecule has 2 rings (SSSR count). The van der Waals surface area contributed by atoms with Gasteiger partial charge in [0.2, 0.25) is 0 Å². The van der Waals surface area contributed by atoms with Crippen LogP contribution in [0.2, 0.25) is 5.02 Å². The van der Waals surface area contributed by atoms with Crippen LogP contribution >= 0.6 is 11.6 Å². The Hall–Kier alpha value is -2.86. The van der Waals surface area contributed by atoms with E-state index in [0.717, 1.165) is 0 Å². The van der Waals surface area contributed by atoms with Gasteiger partial charge in [-0.3, -0.25) is 14.4 Å². The van der Waals surface area contributed by atoms with Crippen molar-refractivity contribution in [2.24, 2.45) is 10.2 Å². The molecule has 6 nitrogen and oxygen atoms in total. The van der Waals surface area contributed by atoms with E-state index in [0.29, 0.717) is 16.3 Å². The number of esters is 1. The quantitative estimate of drug-likeness (QED) is 0.301. The van der Waals surface area contributed by atoms with E-state index in [9.17, 15) is 14.4 Å². The highest BCUT2D eigenvalue weighted by atomic mass is 35.5. The van der Waals surface area contributed by atoms with Crippen molar-refractivity contribution in [3.05, 3.63) is 64.7 Å². The highest BCUT2D eigenvalue weighted by molar-refractivity contribution is 6.31. The van der Waals surface area contributed by atoms with Crippen LogP contribution in [0.5, 0.6) is 0 Å². The zero-order chi connectivity index (χ0) is 18.9. The summed E-state index contributed by atoms with van der Waals surface area (Å²) >= 11 is 5.99. The molecule has 0 saturated carbocycles. The Morgan fingerprint density at radius 1 is 1.08 bits per heavy atom. The average Bonchev–Trinajstić information content (AvgIpc) is 2.63. The van der Waals surface area contributed by atoms with Crippen molar-refractivity contribution in [1.29, 1.82) is 0 Å². The Morgan fingerprint density at radius 3 is 2.50 bits per heavy atom. The van der Waals surface area contributed by atoms with E-state index in [1.54, 1.807) is 43.3 Å². The number of hydrogen-bond acceptors (Lipinski definition) is 6. The molecule has 0 atom stereocenters. The molecular weight excluding hydrogens is 356 g/mol. The van der Waals surface area contributed by atoms with Gasteiger partial charge in [0, 0.05) is 10.6 Å². The molecule has 2 aromatic carbocycles. The number of Topliss-reactive ketones (excluding diaryl/α,β-unsaturated/α-hetero) is 1. The summed E-state index contributed by atoms with van der Waals surface area (Å²) in [6, 6.07) is 13.3. The summed E-state index contributed by atoms with van der Waals surface area (Å²) in [6.45, 7) is 1.59. The number of azo groups is 1. The third-order valence-corrected chi connectivity index (χ3v) is 3.55. The zero-order valence-electron chi connectivity index (χ0n) is 14.1. The number of rotatable bonds is 8. The third-order valence-electron chi connectivity index (χ3n) is 3.31. The van der Waals surface area contributed by atoms with Gasteiger partial charge >= 0.3 is 5.97 Å². The maximum atomic E-state index is 12.6. The molecule has 7 heteroatoms. The lowest BCUT2D eigenvalue weighted by atomic mass is 10.0. The second-order valence-corrected chi connectivity index (χ2v) is 5.71. The van der Waals surface area contributed by atoms with Crippen LogP contribution in [-0.4, -0.2) is 30.7 Å². The Kier molecular flexibility index (Phi) is 7.17. The second-order valence-electron chi connectivity index (χ2n) is 5.28. The summed E-state index contributed by atoms with van der Waals surface area (Å²) in [4.78, 5) is 35.6. The molecule has 0 amide bonds. The summed E-state index contributed by atoms with van der Waals surface area (Å²) in [5.41, 5.74) is 1.07. The molecule has 0 bridgehead atoms. The first-order chi connectivity index (χ1) is 12.5. The fourth-order valence-corrected chi connectivity index (χ4v) is 2.31. The molecule has 0 aliphatic carbocycles. The van der Waals surface area contributed by atoms with Gasteiger partial charge in [-0.15, -0.1) is 0 Å². The van der Waals surface area contributed by atoms with E-state index >= 15 is 0 Å². The van der Waals surface area contributed by atoms with E-state index in [2.05, 4.69) is 10.2 Å². The molecule has 0 aliphatic rings. The van der Waals surface area contributed by atoms with Crippen LogP contribution in [0, 0.1) is 0 Å². The van der Waals surface area contributed by atoms with Gasteiger partial charge in [0.1, 0.15) is 13.0 Å². The van der Waals surface area contributed by atoms with E-state index in [1.165, 1.54) is 6.07 Å². The third kappa shape index (κ3) is 5.60. The number of ether oxygens (including phenoxy) is 1. The Balaban J connectivity index is 2.13. The number of ketones is 2. The van der Waals surface area contributed by atoms with Crippen LogP contribution in [0.15, 0.2) is 58.8 Å². The molecular formula is C19H17ClN2O4. The van der Waals surface area contributed by atoms with Gasteiger partial charge in [-0.1, -0.05) is 41.9 Å². The number of carbonyl (C=O) groups is 3. The van der Waals surface area contributed by atoms with Gasteiger partial charge in [-0.2, -0.15) is 10.2 Å². The fraction of sp³-hybridized carbons (Fsp3) is 0.211. The van der Waals surface area contributed by atoms with Gasteiger partial charge in [-0.05, 0) is 25.1 Å². The molecule has 0 spiro atoms. The average molecular weight is 373 g/mol. The summed E-state index contributed by atoms with van der Waals surface area (Å²) in [7, 11) is 0. The normalized spacial score (nSPS) is 10.7. The Labute approximate surface area is 155 Å². The lowest BCUT2D eigenvalue weighted by molar-refractivity contribution is -0.145. The molecule has 0 aromatic heterocycles. The molecule has 0 heterocycles. The summed E-state index contributed by atoms with van der Waals surface area (Å²) in [6.07, 6.45) is -0.358. The van der Waals surface area contributed by atoms with Crippen molar-refractivity contribution < 1.29 is 19.1 Å². The van der Waals surface area contributed by atoms with E-state index in [-0.39, 0.29) is 30.9 Å². The molecule has 0 N–H and O–H groups in total. The lowest BCUT2D eigenvalue weighted by Crippen LogP contribution is -2.12. The summed E-state index contributed by atoms with van der Waals surface area (Å²) < 4.78 is 4.70. The van der Waals surface area contributed by atoms with Crippen molar-refractivity contribution in [3.63, 3.8) is 0 Å². The van der Waals surface area contributed by atoms with Crippen molar-refractivity contribution in [2.45, 2.75) is 13.3 Å². The number of hydrogen-bond donors (Lipinski definition) is 0. The monoisotopic (exact) mass is 372 g/mol. The van der Waals surface area contributed by atoms with Gasteiger partial charge in [0.05, 0.1) is 17.9 Å². The predicted molar refractivity (Wildman–Crippen MR) is 97.0 cm³/mol. The Bertz CT molecular complexity index is 835. The van der Waals surface area contributed by atoms with E-state index in [4.69, 9.17) is 16.3 Å². The Morgan fingerprint density at radius 2 is 1.81 bits per heavy atom.